The number of nitrogens with zero attached hydrogens (tertiary/aromatic N) is 3. The number of carbonyl (C=O) groups excluding carboxylic acids is 1. The van der Waals surface area contributed by atoms with E-state index in [1.165, 1.54) is 0 Å². The Morgan fingerprint density at radius 3 is 2.62 bits per heavy atom. The molecule has 0 atom stereocenters. The molecule has 11 heteroatoms. The molecule has 3 heterocycles. The third kappa shape index (κ3) is 4.73. The molecule has 0 aromatic carbocycles. The van der Waals surface area contributed by atoms with Gasteiger partial charge in [-0.05, 0) is 44.9 Å². The van der Waals surface area contributed by atoms with Crippen LogP contribution in [-0.4, -0.2) is 41.6 Å². The van der Waals surface area contributed by atoms with Crippen LogP contribution in [0.3, 0.4) is 0 Å². The third-order valence-electron chi connectivity index (χ3n) is 5.19. The maximum atomic E-state index is 12.9. The Balaban J connectivity index is 1.44. The van der Waals surface area contributed by atoms with E-state index < -0.39 is 15.4 Å². The van der Waals surface area contributed by atoms with Crippen molar-refractivity contribution in [1.82, 2.24) is 15.0 Å². The number of aromatic nitrogens is 3. The van der Waals surface area contributed by atoms with Gasteiger partial charge in [-0.2, -0.15) is 0 Å². The number of anilines is 2. The number of ether oxygens (including phenoxy) is 1. The molecule has 1 aliphatic carbocycles. The molecular weight excluding hydrogens is 450 g/mol. The van der Waals surface area contributed by atoms with Gasteiger partial charge in [-0.25, -0.2) is 18.4 Å². The average Bonchev–Trinajstić information content (AvgIpc) is 3.54. The molecule has 3 aromatic rings. The predicted octanol–water partition coefficient (Wildman–Crippen LogP) is 3.43. The number of hydrogen-bond acceptors (Lipinski definition) is 8. The first kappa shape index (κ1) is 22.2. The van der Waals surface area contributed by atoms with Crippen molar-refractivity contribution >= 4 is 38.2 Å². The smallest absolute Gasteiger partial charge is 0.237 e. The number of rotatable bonds is 8. The summed E-state index contributed by atoms with van der Waals surface area (Å²) in [4.78, 5) is 25.7. The molecule has 32 heavy (non-hydrogen) atoms. The van der Waals surface area contributed by atoms with Crippen LogP contribution in [0.1, 0.15) is 32.4 Å². The van der Waals surface area contributed by atoms with Crippen molar-refractivity contribution in [2.75, 3.05) is 17.1 Å². The van der Waals surface area contributed by atoms with Gasteiger partial charge < -0.3 is 10.1 Å². The maximum absolute atomic E-state index is 12.9. The zero-order valence-corrected chi connectivity index (χ0v) is 19.5. The summed E-state index contributed by atoms with van der Waals surface area (Å²) in [6.45, 7) is 3.46. The van der Waals surface area contributed by atoms with E-state index in [0.717, 1.165) is 22.5 Å². The third-order valence-corrected chi connectivity index (χ3v) is 7.91. The Hall–Kier alpha value is -3.05. The zero-order chi connectivity index (χ0) is 22.9. The fraction of sp³-hybridized carbons (Fsp3) is 0.333. The molecule has 0 spiro atoms. The van der Waals surface area contributed by atoms with Crippen LogP contribution >= 0.6 is 11.3 Å². The normalized spacial score (nSPS) is 14.1. The standard InChI is InChI=1S/C21H23N5O4S2/c1-21(2,17-12-31-20(24-17)26-32(28,29)16-5-6-16)19(27)25-18-7-4-13(10-23-18)14-8-15(30-3)11-22-9-14/h4,7-12,16H,5-6H2,1-3H3,(H,24,26)(H,23,25,27). The van der Waals surface area contributed by atoms with Crippen LogP contribution in [0.4, 0.5) is 10.9 Å². The van der Waals surface area contributed by atoms with Gasteiger partial charge in [0.2, 0.25) is 15.9 Å². The Bertz CT molecular complexity index is 1240. The molecular formula is C21H23N5O4S2. The molecule has 168 valence electrons. The highest BCUT2D eigenvalue weighted by Crippen LogP contribution is 2.33. The van der Waals surface area contributed by atoms with E-state index in [-0.39, 0.29) is 16.3 Å². The number of amides is 1. The first-order valence-electron chi connectivity index (χ1n) is 9.93. The Kier molecular flexibility index (Phi) is 5.87. The lowest BCUT2D eigenvalue weighted by Gasteiger charge is -2.21. The number of pyridine rings is 2. The molecule has 9 nitrogen and oxygen atoms in total. The SMILES string of the molecule is COc1cncc(-c2ccc(NC(=O)C(C)(C)c3csc(NS(=O)(=O)C4CC4)n3)nc2)c1. The largest absolute Gasteiger partial charge is 0.495 e. The lowest BCUT2D eigenvalue weighted by Crippen LogP contribution is -2.35. The van der Waals surface area contributed by atoms with Crippen LogP contribution < -0.4 is 14.8 Å². The van der Waals surface area contributed by atoms with Crippen molar-refractivity contribution in [2.24, 2.45) is 0 Å². The topological polar surface area (TPSA) is 123 Å². The van der Waals surface area contributed by atoms with Crippen molar-refractivity contribution in [3.05, 3.63) is 47.9 Å². The van der Waals surface area contributed by atoms with Gasteiger partial charge in [0.25, 0.3) is 0 Å². The van der Waals surface area contributed by atoms with Crippen LogP contribution in [0.25, 0.3) is 11.1 Å². The van der Waals surface area contributed by atoms with Gasteiger partial charge in [-0.15, -0.1) is 11.3 Å². The monoisotopic (exact) mass is 473 g/mol. The molecule has 4 rings (SSSR count). The minimum Gasteiger partial charge on any atom is -0.495 e. The Morgan fingerprint density at radius 1 is 1.19 bits per heavy atom. The van der Waals surface area contributed by atoms with Gasteiger partial charge in [0.15, 0.2) is 5.13 Å². The Labute approximate surface area is 190 Å². The van der Waals surface area contributed by atoms with Crippen LogP contribution in [0, 0.1) is 0 Å². The van der Waals surface area contributed by atoms with E-state index >= 15 is 0 Å². The van der Waals surface area contributed by atoms with Crippen LogP contribution in [0.2, 0.25) is 0 Å². The minimum absolute atomic E-state index is 0.266. The molecule has 2 N–H and O–H groups in total. The first-order valence-corrected chi connectivity index (χ1v) is 12.4. The average molecular weight is 474 g/mol. The summed E-state index contributed by atoms with van der Waals surface area (Å²) in [7, 11) is -1.82. The molecule has 0 saturated heterocycles. The highest BCUT2D eigenvalue weighted by Gasteiger charge is 2.37. The number of sulfonamides is 1. The van der Waals surface area contributed by atoms with Crippen LogP contribution in [-0.2, 0) is 20.2 Å². The summed E-state index contributed by atoms with van der Waals surface area (Å²) in [5.41, 5.74) is 1.17. The summed E-state index contributed by atoms with van der Waals surface area (Å²) in [6, 6.07) is 5.39. The quantitative estimate of drug-likeness (QED) is 0.514. The molecule has 1 amide bonds. The summed E-state index contributed by atoms with van der Waals surface area (Å²) < 4.78 is 31.9. The van der Waals surface area contributed by atoms with Crippen molar-refractivity contribution in [3.8, 4) is 16.9 Å². The van der Waals surface area contributed by atoms with Crippen molar-refractivity contribution in [1.29, 1.82) is 0 Å². The summed E-state index contributed by atoms with van der Waals surface area (Å²) >= 11 is 1.16. The molecule has 1 fully saturated rings. The molecule has 1 aliphatic rings. The predicted molar refractivity (Wildman–Crippen MR) is 123 cm³/mol. The van der Waals surface area contributed by atoms with E-state index in [1.807, 2.05) is 12.1 Å². The zero-order valence-electron chi connectivity index (χ0n) is 17.8. The van der Waals surface area contributed by atoms with E-state index in [1.54, 1.807) is 51.0 Å². The fourth-order valence-corrected chi connectivity index (χ4v) is 5.38. The fourth-order valence-electron chi connectivity index (χ4n) is 2.91. The number of thiazole rings is 1. The molecule has 0 aliphatic heterocycles. The second-order valence-electron chi connectivity index (χ2n) is 8.01. The van der Waals surface area contributed by atoms with E-state index in [4.69, 9.17) is 4.74 Å². The van der Waals surface area contributed by atoms with Crippen LogP contribution in [0.5, 0.6) is 5.75 Å². The van der Waals surface area contributed by atoms with Gasteiger partial charge in [0.1, 0.15) is 11.6 Å². The maximum Gasteiger partial charge on any atom is 0.237 e. The molecule has 0 radical (unpaired) electrons. The van der Waals surface area contributed by atoms with Crippen molar-refractivity contribution in [3.63, 3.8) is 0 Å². The lowest BCUT2D eigenvalue weighted by atomic mass is 9.89. The number of methoxy groups -OCH3 is 1. The molecule has 0 unspecified atom stereocenters. The van der Waals surface area contributed by atoms with E-state index in [0.29, 0.717) is 30.1 Å². The highest BCUT2D eigenvalue weighted by molar-refractivity contribution is 7.93. The minimum atomic E-state index is -3.40. The molecule has 3 aromatic heterocycles. The van der Waals surface area contributed by atoms with Crippen LogP contribution in [0.15, 0.2) is 42.2 Å². The molecule has 1 saturated carbocycles. The number of carbonyl (C=O) groups is 1. The number of hydrogen-bond donors (Lipinski definition) is 2. The lowest BCUT2D eigenvalue weighted by molar-refractivity contribution is -0.120. The van der Waals surface area contributed by atoms with Gasteiger partial charge in [0, 0.05) is 28.9 Å². The van der Waals surface area contributed by atoms with Gasteiger partial charge in [-0.3, -0.25) is 14.5 Å². The summed E-state index contributed by atoms with van der Waals surface area (Å²) in [5, 5.41) is 4.42. The van der Waals surface area contributed by atoms with E-state index in [9.17, 15) is 13.2 Å². The summed E-state index contributed by atoms with van der Waals surface area (Å²) in [5.74, 6) is 0.735. The van der Waals surface area contributed by atoms with E-state index in [2.05, 4.69) is 25.0 Å². The molecule has 0 bridgehead atoms. The number of nitrogens with one attached hydrogen (secondary N) is 2. The van der Waals surface area contributed by atoms with Crippen molar-refractivity contribution in [2.45, 2.75) is 37.4 Å². The second kappa shape index (κ2) is 8.47. The van der Waals surface area contributed by atoms with Gasteiger partial charge in [0.05, 0.1) is 29.7 Å². The highest BCUT2D eigenvalue weighted by atomic mass is 32.2. The first-order chi connectivity index (χ1) is 15.2. The summed E-state index contributed by atoms with van der Waals surface area (Å²) in [6.07, 6.45) is 6.31. The Morgan fingerprint density at radius 2 is 1.97 bits per heavy atom. The van der Waals surface area contributed by atoms with Gasteiger partial charge in [-0.1, -0.05) is 0 Å². The van der Waals surface area contributed by atoms with Gasteiger partial charge >= 0.3 is 0 Å². The second-order valence-corrected chi connectivity index (χ2v) is 10.8. The van der Waals surface area contributed by atoms with Crippen molar-refractivity contribution < 1.29 is 17.9 Å².